The molecule has 0 saturated heterocycles. The van der Waals surface area contributed by atoms with Crippen molar-refractivity contribution in [1.82, 2.24) is 0 Å². The second-order valence-electron chi connectivity index (χ2n) is 2.92. The standard InChI is InChI=1S/C9H12O2S2/c1-3-9(2,8(10)11)13-7-5-4-6-12-7/h4-6H,3H2,1-2H3,(H,10,11). The molecule has 0 amide bonds. The fourth-order valence-corrected chi connectivity index (χ4v) is 2.99. The molecule has 72 valence electrons. The monoisotopic (exact) mass is 216 g/mol. The van der Waals surface area contributed by atoms with Gasteiger partial charge in [-0.15, -0.1) is 11.3 Å². The van der Waals surface area contributed by atoms with Crippen LogP contribution in [0.2, 0.25) is 0 Å². The maximum Gasteiger partial charge on any atom is 0.319 e. The molecule has 0 aliphatic rings. The quantitative estimate of drug-likeness (QED) is 0.786. The summed E-state index contributed by atoms with van der Waals surface area (Å²) in [6.07, 6.45) is 0.630. The van der Waals surface area contributed by atoms with E-state index in [2.05, 4.69) is 0 Å². The minimum absolute atomic E-state index is 0.630. The lowest BCUT2D eigenvalue weighted by Crippen LogP contribution is -2.29. The molecule has 0 aliphatic carbocycles. The Bertz CT molecular complexity index is 282. The first kappa shape index (κ1) is 10.6. The van der Waals surface area contributed by atoms with E-state index in [-0.39, 0.29) is 0 Å². The summed E-state index contributed by atoms with van der Waals surface area (Å²) in [6, 6.07) is 3.89. The van der Waals surface area contributed by atoms with Crippen LogP contribution >= 0.6 is 23.1 Å². The number of carboxylic acid groups (broad SMARTS) is 1. The predicted molar refractivity (Wildman–Crippen MR) is 56.5 cm³/mol. The molecule has 0 radical (unpaired) electrons. The second kappa shape index (κ2) is 4.15. The molecule has 1 N–H and O–H groups in total. The number of hydrogen-bond donors (Lipinski definition) is 1. The smallest absolute Gasteiger partial charge is 0.319 e. The van der Waals surface area contributed by atoms with Gasteiger partial charge in [0.2, 0.25) is 0 Å². The topological polar surface area (TPSA) is 37.3 Å². The van der Waals surface area contributed by atoms with Gasteiger partial charge in [0, 0.05) is 0 Å². The third-order valence-electron chi connectivity index (χ3n) is 1.95. The summed E-state index contributed by atoms with van der Waals surface area (Å²) in [6.45, 7) is 3.66. The zero-order valence-electron chi connectivity index (χ0n) is 7.61. The summed E-state index contributed by atoms with van der Waals surface area (Å²) < 4.78 is 0.372. The molecule has 1 aromatic rings. The molecule has 0 fully saturated rings. The highest BCUT2D eigenvalue weighted by molar-refractivity contribution is 8.03. The van der Waals surface area contributed by atoms with Crippen LogP contribution in [0.3, 0.4) is 0 Å². The Hall–Kier alpha value is -0.480. The van der Waals surface area contributed by atoms with Crippen molar-refractivity contribution in [3.8, 4) is 0 Å². The lowest BCUT2D eigenvalue weighted by molar-refractivity contribution is -0.139. The number of rotatable bonds is 4. The van der Waals surface area contributed by atoms with Gasteiger partial charge in [0.15, 0.2) is 0 Å². The van der Waals surface area contributed by atoms with E-state index in [0.29, 0.717) is 6.42 Å². The molecule has 1 unspecified atom stereocenters. The number of thiophene rings is 1. The highest BCUT2D eigenvalue weighted by atomic mass is 32.2. The van der Waals surface area contributed by atoms with Gasteiger partial charge in [-0.05, 0) is 24.8 Å². The van der Waals surface area contributed by atoms with Crippen LogP contribution in [0, 0.1) is 0 Å². The zero-order valence-corrected chi connectivity index (χ0v) is 9.24. The maximum absolute atomic E-state index is 11.0. The van der Waals surface area contributed by atoms with Crippen molar-refractivity contribution in [2.24, 2.45) is 0 Å². The largest absolute Gasteiger partial charge is 0.480 e. The van der Waals surface area contributed by atoms with Crippen LogP contribution in [-0.4, -0.2) is 15.8 Å². The van der Waals surface area contributed by atoms with Crippen LogP contribution in [0.15, 0.2) is 21.7 Å². The van der Waals surface area contributed by atoms with Crippen LogP contribution in [0.1, 0.15) is 20.3 Å². The van der Waals surface area contributed by atoms with Crippen molar-refractivity contribution < 1.29 is 9.90 Å². The molecule has 0 aliphatic heterocycles. The highest BCUT2D eigenvalue weighted by Gasteiger charge is 2.32. The van der Waals surface area contributed by atoms with E-state index in [1.165, 1.54) is 11.8 Å². The van der Waals surface area contributed by atoms with Gasteiger partial charge in [-0.1, -0.05) is 24.8 Å². The summed E-state index contributed by atoms with van der Waals surface area (Å²) in [7, 11) is 0. The maximum atomic E-state index is 11.0. The number of thioether (sulfide) groups is 1. The van der Waals surface area contributed by atoms with E-state index in [1.54, 1.807) is 18.3 Å². The predicted octanol–water partition coefficient (Wildman–Crippen LogP) is 3.09. The molecule has 13 heavy (non-hydrogen) atoms. The summed E-state index contributed by atoms with van der Waals surface area (Å²) >= 11 is 3.01. The van der Waals surface area contributed by atoms with Gasteiger partial charge >= 0.3 is 5.97 Å². The average molecular weight is 216 g/mol. The van der Waals surface area contributed by atoms with E-state index >= 15 is 0 Å². The first-order chi connectivity index (χ1) is 6.08. The van der Waals surface area contributed by atoms with Crippen LogP contribution in [0.4, 0.5) is 0 Å². The van der Waals surface area contributed by atoms with Crippen molar-refractivity contribution in [3.63, 3.8) is 0 Å². The first-order valence-electron chi connectivity index (χ1n) is 4.04. The Morgan fingerprint density at radius 3 is 2.85 bits per heavy atom. The summed E-state index contributed by atoms with van der Waals surface area (Å²) in [5, 5.41) is 11.0. The van der Waals surface area contributed by atoms with Crippen molar-refractivity contribution in [3.05, 3.63) is 17.5 Å². The average Bonchev–Trinajstić information content (AvgIpc) is 2.56. The number of aliphatic carboxylic acids is 1. The Morgan fingerprint density at radius 1 is 1.77 bits per heavy atom. The second-order valence-corrected chi connectivity index (χ2v) is 5.67. The Labute approximate surface area is 86.0 Å². The van der Waals surface area contributed by atoms with Crippen LogP contribution in [0.25, 0.3) is 0 Å². The Balaban J connectivity index is 2.75. The molecule has 1 aromatic heterocycles. The number of carboxylic acids is 1. The van der Waals surface area contributed by atoms with Gasteiger partial charge in [-0.2, -0.15) is 0 Å². The van der Waals surface area contributed by atoms with Gasteiger partial charge < -0.3 is 5.11 Å². The molecular formula is C9H12O2S2. The lowest BCUT2D eigenvalue weighted by atomic mass is 10.1. The molecule has 0 saturated carbocycles. The van der Waals surface area contributed by atoms with Gasteiger partial charge in [0.25, 0.3) is 0 Å². The normalized spacial score (nSPS) is 15.2. The van der Waals surface area contributed by atoms with E-state index in [0.717, 1.165) is 4.21 Å². The summed E-state index contributed by atoms with van der Waals surface area (Å²) in [5.74, 6) is -0.742. The van der Waals surface area contributed by atoms with E-state index < -0.39 is 10.7 Å². The van der Waals surface area contributed by atoms with Crippen LogP contribution in [-0.2, 0) is 4.79 Å². The summed E-state index contributed by atoms with van der Waals surface area (Å²) in [5.41, 5.74) is 0. The Kier molecular flexibility index (Phi) is 3.39. The van der Waals surface area contributed by atoms with E-state index in [1.807, 2.05) is 24.4 Å². The molecular weight excluding hydrogens is 204 g/mol. The zero-order chi connectivity index (χ0) is 9.90. The van der Waals surface area contributed by atoms with Gasteiger partial charge in [-0.3, -0.25) is 4.79 Å². The molecule has 0 aromatic carbocycles. The number of carbonyl (C=O) groups is 1. The molecule has 4 heteroatoms. The van der Waals surface area contributed by atoms with Gasteiger partial charge in [0.05, 0.1) is 4.21 Å². The molecule has 1 rings (SSSR count). The fraction of sp³-hybridized carbons (Fsp3) is 0.444. The summed E-state index contributed by atoms with van der Waals surface area (Å²) in [4.78, 5) is 11.0. The van der Waals surface area contributed by atoms with Crippen molar-refractivity contribution >= 4 is 29.1 Å². The van der Waals surface area contributed by atoms with E-state index in [9.17, 15) is 4.79 Å². The molecule has 1 heterocycles. The molecule has 2 nitrogen and oxygen atoms in total. The van der Waals surface area contributed by atoms with Crippen LogP contribution in [0.5, 0.6) is 0 Å². The Morgan fingerprint density at radius 2 is 2.46 bits per heavy atom. The van der Waals surface area contributed by atoms with Crippen molar-refractivity contribution in [2.75, 3.05) is 0 Å². The highest BCUT2D eigenvalue weighted by Crippen LogP contribution is 2.37. The van der Waals surface area contributed by atoms with Crippen molar-refractivity contribution in [1.29, 1.82) is 0 Å². The van der Waals surface area contributed by atoms with E-state index in [4.69, 9.17) is 5.11 Å². The minimum Gasteiger partial charge on any atom is -0.480 e. The van der Waals surface area contributed by atoms with Gasteiger partial charge in [-0.25, -0.2) is 0 Å². The minimum atomic E-state index is -0.742. The van der Waals surface area contributed by atoms with Gasteiger partial charge in [0.1, 0.15) is 4.75 Å². The molecule has 1 atom stereocenters. The van der Waals surface area contributed by atoms with Crippen molar-refractivity contribution in [2.45, 2.75) is 29.2 Å². The third-order valence-corrected chi connectivity index (χ3v) is 4.40. The molecule has 0 bridgehead atoms. The lowest BCUT2D eigenvalue weighted by Gasteiger charge is -2.20. The fourth-order valence-electron chi connectivity index (χ4n) is 0.811. The SMILES string of the molecule is CCC(C)(Sc1cccs1)C(=O)O. The first-order valence-corrected chi connectivity index (χ1v) is 5.74. The third kappa shape index (κ3) is 2.48. The molecule has 0 spiro atoms. The van der Waals surface area contributed by atoms with Crippen LogP contribution < -0.4 is 0 Å². The number of hydrogen-bond acceptors (Lipinski definition) is 3.